The zero-order chi connectivity index (χ0) is 32.0. The number of alkyl halides is 2. The van der Waals surface area contributed by atoms with Gasteiger partial charge in [-0.1, -0.05) is 0 Å². The number of hydrogen-bond donors (Lipinski definition) is 5. The van der Waals surface area contributed by atoms with E-state index in [2.05, 4.69) is 29.9 Å². The van der Waals surface area contributed by atoms with Gasteiger partial charge in [0.2, 0.25) is 8.03 Å². The summed E-state index contributed by atoms with van der Waals surface area (Å²) >= 11 is 0. The summed E-state index contributed by atoms with van der Waals surface area (Å²) in [6.07, 6.45) is -9.59. The van der Waals surface area contributed by atoms with E-state index >= 15 is 8.78 Å². The third-order valence-corrected chi connectivity index (χ3v) is 8.49. The van der Waals surface area contributed by atoms with Gasteiger partial charge in [-0.3, -0.25) is 22.7 Å². The first-order chi connectivity index (χ1) is 21.5. The molecule has 2 aliphatic heterocycles. The zero-order valence-electron chi connectivity index (χ0n) is 22.7. The lowest BCUT2D eigenvalue weighted by Crippen LogP contribution is -2.35. The highest BCUT2D eigenvalue weighted by Gasteiger charge is 2.52. The monoisotopic (exact) mass is 678 g/mol. The molecule has 24 heteroatoms. The number of aromatic nitrogens is 8. The minimum atomic E-state index is -5.17. The lowest BCUT2D eigenvalue weighted by Gasteiger charge is -2.23. The van der Waals surface area contributed by atoms with Crippen LogP contribution in [-0.2, 0) is 32.4 Å². The van der Waals surface area contributed by atoms with Crippen molar-refractivity contribution in [1.29, 1.82) is 0 Å². The molecule has 6 heterocycles. The lowest BCUT2D eigenvalue weighted by atomic mass is 10.1. The molecule has 4 aromatic heterocycles. The van der Waals surface area contributed by atoms with Crippen molar-refractivity contribution in [2.24, 2.45) is 0 Å². The number of nitrogen functional groups attached to an aromatic ring is 2. The highest BCUT2D eigenvalue weighted by Crippen LogP contribution is 2.50. The van der Waals surface area contributed by atoms with Crippen LogP contribution in [0.25, 0.3) is 22.3 Å². The molecule has 0 bridgehead atoms. The number of phosphoric acid groups is 1. The van der Waals surface area contributed by atoms with Gasteiger partial charge in [0.1, 0.15) is 54.5 Å². The van der Waals surface area contributed by atoms with Crippen LogP contribution < -0.4 is 11.5 Å². The van der Waals surface area contributed by atoms with Crippen LogP contribution in [0.3, 0.4) is 0 Å². The smallest absolute Gasteiger partial charge is 0.394 e. The van der Waals surface area contributed by atoms with E-state index in [4.69, 9.17) is 34.7 Å². The van der Waals surface area contributed by atoms with Gasteiger partial charge in [-0.25, -0.2) is 43.2 Å². The van der Waals surface area contributed by atoms with E-state index in [0.717, 1.165) is 17.2 Å². The number of aliphatic hydroxyl groups is 1. The van der Waals surface area contributed by atoms with Gasteiger partial charge >= 0.3 is 7.82 Å². The largest absolute Gasteiger partial charge is 0.472 e. The Bertz CT molecular complexity index is 1770. The molecule has 7 N–H and O–H groups in total. The van der Waals surface area contributed by atoms with E-state index in [1.54, 1.807) is 0 Å². The summed E-state index contributed by atoms with van der Waals surface area (Å²) in [4.78, 5) is 43.5. The van der Waals surface area contributed by atoms with Crippen LogP contribution in [0.4, 0.5) is 20.4 Å². The number of phosphoric ester groups is 1. The maximum absolute atomic E-state index is 15.7. The van der Waals surface area contributed by atoms with Gasteiger partial charge in [0, 0.05) is 0 Å². The van der Waals surface area contributed by atoms with Crippen LogP contribution in [0.5, 0.6) is 0 Å². The van der Waals surface area contributed by atoms with Crippen LogP contribution in [0.15, 0.2) is 25.3 Å². The van der Waals surface area contributed by atoms with Crippen molar-refractivity contribution in [2.45, 2.75) is 49.2 Å². The molecule has 244 valence electrons. The number of nitrogens with zero attached hydrogens (tertiary/aromatic N) is 8. The first-order valence-electron chi connectivity index (χ1n) is 13.0. The summed E-state index contributed by atoms with van der Waals surface area (Å²) in [5.74, 6) is 0.0346. The number of rotatable bonds is 11. The number of ether oxygens (including phenoxy) is 3. The number of hydrogen-bond acceptors (Lipinski definition) is 16. The molecule has 45 heavy (non-hydrogen) atoms. The highest BCUT2D eigenvalue weighted by molar-refractivity contribution is 7.47. The van der Waals surface area contributed by atoms with Gasteiger partial charge < -0.3 is 40.6 Å². The molecule has 6 unspecified atom stereocenters. The van der Waals surface area contributed by atoms with Crippen LogP contribution in [0.1, 0.15) is 12.5 Å². The number of imidazole rings is 2. The van der Waals surface area contributed by atoms with E-state index in [9.17, 15) is 24.0 Å². The first-order valence-corrected chi connectivity index (χ1v) is 16.1. The molecule has 20 nitrogen and oxygen atoms in total. The Hall–Kier alpha value is -3.30. The van der Waals surface area contributed by atoms with Crippen LogP contribution in [0, 0.1) is 0 Å². The molecule has 6 rings (SSSR count). The molecule has 0 spiro atoms. The van der Waals surface area contributed by atoms with E-state index in [-0.39, 0.29) is 34.0 Å². The summed E-state index contributed by atoms with van der Waals surface area (Å²) in [6.45, 7) is -1.67. The molecule has 2 aliphatic rings. The Balaban J connectivity index is 1.18. The number of aliphatic hydroxyl groups excluding tert-OH is 1. The Labute approximate surface area is 250 Å². The Morgan fingerprint density at radius 3 is 1.98 bits per heavy atom. The molecule has 0 radical (unpaired) electrons. The fraction of sp³-hybridized carbons (Fsp3) is 0.524. The standard InChI is InChI=1S/C21H26F2N10O10P2/c22-10-14(39-7-44(35)36)9(42-20(10)32-5-30-12-16(24)26-3-28-18(12)32)2-40-45(37,38)43-15-8(1-34)41-21(11(15)23)33-6-31-13-17(25)27-4-29-19(13)33/h3-6,8-11,14-15,20-21,34,44H,1-2,7H2,(H,35,36)(H,37,38)(H2,24,26,28)(H2,25,27,29)/t8-,9-,10?,11?,14?,15?,20-,21-/m1/s1. The molecule has 2 fully saturated rings. The molecular formula is C21H26F2N10O10P2. The van der Waals surface area contributed by atoms with Crippen molar-refractivity contribution < 1.29 is 56.1 Å². The maximum Gasteiger partial charge on any atom is 0.472 e. The zero-order valence-corrected chi connectivity index (χ0v) is 24.6. The molecule has 2 saturated heterocycles. The van der Waals surface area contributed by atoms with E-state index in [0.29, 0.717) is 0 Å². The molecule has 10 atom stereocenters. The van der Waals surface area contributed by atoms with Crippen molar-refractivity contribution in [2.75, 3.05) is 31.0 Å². The molecule has 0 aromatic carbocycles. The fourth-order valence-corrected chi connectivity index (χ4v) is 6.36. The quantitative estimate of drug-likeness (QED) is 0.126. The SMILES string of the molecule is Nc1ncnc2c1ncn2[C@@H]1O[C@H](COP(=O)(O)OC2C(F)[C@H](n3cnc4c(N)ncnc43)O[C@@H]2CO)C(OC[PH](=O)O)C1F. The summed E-state index contributed by atoms with van der Waals surface area (Å²) in [5, 5.41) is 9.81. The van der Waals surface area contributed by atoms with Gasteiger partial charge in [-0.2, -0.15) is 0 Å². The van der Waals surface area contributed by atoms with Gasteiger partial charge in [-0.15, -0.1) is 0 Å². The lowest BCUT2D eigenvalue weighted by molar-refractivity contribution is -0.0618. The van der Waals surface area contributed by atoms with Gasteiger partial charge in [0.25, 0.3) is 0 Å². The summed E-state index contributed by atoms with van der Waals surface area (Å²) in [6, 6.07) is 0. The predicted molar refractivity (Wildman–Crippen MR) is 146 cm³/mol. The Kier molecular flexibility index (Phi) is 8.78. The predicted octanol–water partition coefficient (Wildman–Crippen LogP) is -0.394. The summed E-state index contributed by atoms with van der Waals surface area (Å²) in [5.41, 5.74) is 12.1. The summed E-state index contributed by atoms with van der Waals surface area (Å²) in [7, 11) is -8.38. The highest BCUT2D eigenvalue weighted by atomic mass is 31.2. The number of nitrogens with two attached hydrogens (primary N) is 2. The van der Waals surface area contributed by atoms with Crippen LogP contribution >= 0.6 is 15.9 Å². The molecule has 0 amide bonds. The number of fused-ring (bicyclic) bond motifs is 2. The number of halogens is 2. The van der Waals surface area contributed by atoms with Gasteiger partial charge in [-0.05, 0) is 0 Å². The average Bonchev–Trinajstić information content (AvgIpc) is 3.76. The third-order valence-electron chi connectivity index (χ3n) is 7.09. The van der Waals surface area contributed by atoms with Crippen LogP contribution in [-0.4, -0.2) is 110 Å². The Morgan fingerprint density at radius 1 is 0.911 bits per heavy atom. The van der Waals surface area contributed by atoms with Gasteiger partial charge in [0.15, 0.2) is 47.7 Å². The second kappa shape index (κ2) is 12.5. The molecular weight excluding hydrogens is 652 g/mol. The normalized spacial score (nSPS) is 30.7. The van der Waals surface area contributed by atoms with Crippen molar-refractivity contribution in [1.82, 2.24) is 39.0 Å². The summed E-state index contributed by atoms with van der Waals surface area (Å²) < 4.78 is 84.6. The van der Waals surface area contributed by atoms with Gasteiger partial charge in [0.05, 0.1) is 25.9 Å². The van der Waals surface area contributed by atoms with Crippen molar-refractivity contribution >= 4 is 49.8 Å². The first kappa shape index (κ1) is 31.7. The molecule has 0 aliphatic carbocycles. The molecule has 0 saturated carbocycles. The fourth-order valence-electron chi connectivity index (χ4n) is 5.07. The van der Waals surface area contributed by atoms with E-state index in [1.807, 2.05) is 0 Å². The maximum atomic E-state index is 15.7. The minimum Gasteiger partial charge on any atom is -0.394 e. The average molecular weight is 678 g/mol. The second-order valence-electron chi connectivity index (χ2n) is 9.87. The van der Waals surface area contributed by atoms with E-state index < -0.39 is 84.6 Å². The minimum absolute atomic E-state index is 0.0150. The van der Waals surface area contributed by atoms with E-state index in [1.165, 1.54) is 17.2 Å². The second-order valence-corrected chi connectivity index (χ2v) is 12.4. The third kappa shape index (κ3) is 6.01. The van der Waals surface area contributed by atoms with Crippen molar-refractivity contribution in [3.63, 3.8) is 0 Å². The van der Waals surface area contributed by atoms with Crippen molar-refractivity contribution in [3.8, 4) is 0 Å². The Morgan fingerprint density at radius 2 is 1.44 bits per heavy atom. The van der Waals surface area contributed by atoms with Crippen LogP contribution in [0.2, 0.25) is 0 Å². The number of anilines is 2. The molecule has 4 aromatic rings. The topological polar surface area (TPSA) is 280 Å². The van der Waals surface area contributed by atoms with Crippen molar-refractivity contribution in [3.05, 3.63) is 25.3 Å².